The molecule has 3 rings (SSSR count). The standard InChI is InChI=1S/C17H15N5O/c23-17(21-19-12-14-5-8-18-9-6-14)16-4-1-3-15(11-16)13-22-10-2-7-20-22/h1-12H,13H2,(H,21,23). The van der Waals surface area contributed by atoms with Gasteiger partial charge in [0.2, 0.25) is 0 Å². The predicted octanol–water partition coefficient (Wildman–Crippen LogP) is 2.09. The molecule has 0 aliphatic heterocycles. The van der Waals surface area contributed by atoms with Crippen molar-refractivity contribution in [2.24, 2.45) is 5.10 Å². The zero-order valence-corrected chi connectivity index (χ0v) is 12.3. The molecule has 0 saturated carbocycles. The molecule has 6 heteroatoms. The van der Waals surface area contributed by atoms with E-state index in [1.807, 2.05) is 30.5 Å². The number of aromatic nitrogens is 3. The number of pyridine rings is 1. The fourth-order valence-electron chi connectivity index (χ4n) is 2.07. The summed E-state index contributed by atoms with van der Waals surface area (Å²) < 4.78 is 1.80. The van der Waals surface area contributed by atoms with Crippen molar-refractivity contribution < 1.29 is 4.79 Å². The molecule has 6 nitrogen and oxygen atoms in total. The molecule has 2 heterocycles. The first-order chi connectivity index (χ1) is 11.3. The Balaban J connectivity index is 1.64. The Bertz CT molecular complexity index is 797. The molecular formula is C17H15N5O. The largest absolute Gasteiger partial charge is 0.271 e. The lowest BCUT2D eigenvalue weighted by Gasteiger charge is -2.05. The maximum Gasteiger partial charge on any atom is 0.271 e. The Morgan fingerprint density at radius 3 is 2.83 bits per heavy atom. The summed E-state index contributed by atoms with van der Waals surface area (Å²) in [7, 11) is 0. The molecule has 0 bridgehead atoms. The van der Waals surface area contributed by atoms with Gasteiger partial charge in [0.05, 0.1) is 12.8 Å². The first kappa shape index (κ1) is 14.6. The first-order valence-electron chi connectivity index (χ1n) is 7.11. The molecule has 23 heavy (non-hydrogen) atoms. The van der Waals surface area contributed by atoms with Gasteiger partial charge in [0, 0.05) is 30.4 Å². The lowest BCUT2D eigenvalue weighted by Crippen LogP contribution is -2.18. The van der Waals surface area contributed by atoms with Crippen LogP contribution in [0.25, 0.3) is 0 Å². The summed E-state index contributed by atoms with van der Waals surface area (Å²) in [5.41, 5.74) is 4.95. The van der Waals surface area contributed by atoms with Gasteiger partial charge in [-0.2, -0.15) is 10.2 Å². The Hall–Kier alpha value is -3.28. The summed E-state index contributed by atoms with van der Waals surface area (Å²) in [5, 5.41) is 8.11. The van der Waals surface area contributed by atoms with Crippen LogP contribution in [-0.2, 0) is 6.54 Å². The minimum atomic E-state index is -0.252. The van der Waals surface area contributed by atoms with Crippen LogP contribution in [0, 0.1) is 0 Å². The zero-order chi connectivity index (χ0) is 15.9. The van der Waals surface area contributed by atoms with Gasteiger partial charge in [-0.25, -0.2) is 5.43 Å². The van der Waals surface area contributed by atoms with Crippen LogP contribution in [0.2, 0.25) is 0 Å². The van der Waals surface area contributed by atoms with Gasteiger partial charge in [0.15, 0.2) is 0 Å². The molecule has 1 N–H and O–H groups in total. The van der Waals surface area contributed by atoms with Gasteiger partial charge in [-0.05, 0) is 41.5 Å². The summed E-state index contributed by atoms with van der Waals surface area (Å²) >= 11 is 0. The average Bonchev–Trinajstić information content (AvgIpc) is 3.09. The fraction of sp³-hybridized carbons (Fsp3) is 0.0588. The van der Waals surface area contributed by atoms with Crippen molar-refractivity contribution >= 4 is 12.1 Å². The monoisotopic (exact) mass is 305 g/mol. The number of nitrogens with zero attached hydrogens (tertiary/aromatic N) is 4. The van der Waals surface area contributed by atoms with E-state index in [9.17, 15) is 4.79 Å². The van der Waals surface area contributed by atoms with Gasteiger partial charge in [-0.15, -0.1) is 0 Å². The number of carbonyl (C=O) groups is 1. The lowest BCUT2D eigenvalue weighted by molar-refractivity contribution is 0.0955. The third kappa shape index (κ3) is 4.10. The molecule has 1 amide bonds. The Labute approximate surface area is 133 Å². The molecule has 2 aromatic heterocycles. The number of nitrogens with one attached hydrogen (secondary N) is 1. The van der Waals surface area contributed by atoms with Gasteiger partial charge in [-0.1, -0.05) is 12.1 Å². The second-order valence-electron chi connectivity index (χ2n) is 4.88. The number of amides is 1. The number of rotatable bonds is 5. The van der Waals surface area contributed by atoms with E-state index in [-0.39, 0.29) is 5.91 Å². The number of hydrogen-bond acceptors (Lipinski definition) is 4. The quantitative estimate of drug-likeness (QED) is 0.579. The summed E-state index contributed by atoms with van der Waals surface area (Å²) in [6.07, 6.45) is 8.52. The van der Waals surface area contributed by atoms with Crippen molar-refractivity contribution in [3.05, 3.63) is 83.9 Å². The predicted molar refractivity (Wildman–Crippen MR) is 87.1 cm³/mol. The van der Waals surface area contributed by atoms with Crippen LogP contribution in [0.5, 0.6) is 0 Å². The molecule has 1 aromatic carbocycles. The maximum absolute atomic E-state index is 12.1. The average molecular weight is 305 g/mol. The minimum absolute atomic E-state index is 0.252. The molecule has 114 valence electrons. The highest BCUT2D eigenvalue weighted by atomic mass is 16.2. The molecular weight excluding hydrogens is 290 g/mol. The smallest absolute Gasteiger partial charge is 0.268 e. The number of benzene rings is 1. The van der Waals surface area contributed by atoms with Crippen LogP contribution >= 0.6 is 0 Å². The molecule has 3 aromatic rings. The Morgan fingerprint density at radius 1 is 1.17 bits per heavy atom. The summed E-state index contributed by atoms with van der Waals surface area (Å²) in [6.45, 7) is 0.619. The van der Waals surface area contributed by atoms with E-state index in [0.29, 0.717) is 12.1 Å². The zero-order valence-electron chi connectivity index (χ0n) is 12.3. The normalized spacial score (nSPS) is 10.8. The molecule has 0 aliphatic carbocycles. The van der Waals surface area contributed by atoms with Crippen LogP contribution in [0.1, 0.15) is 21.5 Å². The van der Waals surface area contributed by atoms with Crippen LogP contribution in [-0.4, -0.2) is 26.9 Å². The first-order valence-corrected chi connectivity index (χ1v) is 7.11. The molecule has 0 unspecified atom stereocenters. The topological polar surface area (TPSA) is 72.2 Å². The van der Waals surface area contributed by atoms with Crippen LogP contribution < -0.4 is 5.43 Å². The van der Waals surface area contributed by atoms with Gasteiger partial charge < -0.3 is 0 Å². The van der Waals surface area contributed by atoms with Crippen LogP contribution in [0.3, 0.4) is 0 Å². The number of hydrogen-bond donors (Lipinski definition) is 1. The highest BCUT2D eigenvalue weighted by Gasteiger charge is 2.05. The molecule has 0 atom stereocenters. The highest BCUT2D eigenvalue weighted by Crippen LogP contribution is 2.07. The van der Waals surface area contributed by atoms with Crippen molar-refractivity contribution in [2.75, 3.05) is 0 Å². The highest BCUT2D eigenvalue weighted by molar-refractivity contribution is 5.95. The van der Waals surface area contributed by atoms with E-state index >= 15 is 0 Å². The Morgan fingerprint density at radius 2 is 2.04 bits per heavy atom. The van der Waals surface area contributed by atoms with Crippen LogP contribution in [0.4, 0.5) is 0 Å². The van der Waals surface area contributed by atoms with Crippen molar-refractivity contribution in [1.82, 2.24) is 20.2 Å². The SMILES string of the molecule is O=C(NN=Cc1ccncc1)c1cccc(Cn2cccn2)c1. The van der Waals surface area contributed by atoms with Crippen LogP contribution in [0.15, 0.2) is 72.4 Å². The van der Waals surface area contributed by atoms with Gasteiger partial charge in [0.1, 0.15) is 0 Å². The number of carbonyl (C=O) groups excluding carboxylic acids is 1. The molecule has 0 saturated heterocycles. The fourth-order valence-corrected chi connectivity index (χ4v) is 2.07. The van der Waals surface area contributed by atoms with E-state index in [0.717, 1.165) is 11.1 Å². The second kappa shape index (κ2) is 7.13. The van der Waals surface area contributed by atoms with E-state index < -0.39 is 0 Å². The van der Waals surface area contributed by atoms with Gasteiger partial charge >= 0.3 is 0 Å². The summed E-state index contributed by atoms with van der Waals surface area (Å²) in [4.78, 5) is 16.1. The van der Waals surface area contributed by atoms with Gasteiger partial charge in [0.25, 0.3) is 5.91 Å². The van der Waals surface area contributed by atoms with Gasteiger partial charge in [-0.3, -0.25) is 14.5 Å². The van der Waals surface area contributed by atoms with Crippen molar-refractivity contribution in [1.29, 1.82) is 0 Å². The second-order valence-corrected chi connectivity index (χ2v) is 4.88. The molecule has 0 aliphatic rings. The third-order valence-corrected chi connectivity index (χ3v) is 3.18. The molecule has 0 spiro atoms. The molecule has 0 radical (unpaired) electrons. The van der Waals surface area contributed by atoms with E-state index in [1.165, 1.54) is 0 Å². The molecule has 0 fully saturated rings. The summed E-state index contributed by atoms with van der Waals surface area (Å²) in [6, 6.07) is 12.9. The maximum atomic E-state index is 12.1. The van der Waals surface area contributed by atoms with Crippen molar-refractivity contribution in [3.63, 3.8) is 0 Å². The summed E-state index contributed by atoms with van der Waals surface area (Å²) in [5.74, 6) is -0.252. The minimum Gasteiger partial charge on any atom is -0.268 e. The van der Waals surface area contributed by atoms with Crippen molar-refractivity contribution in [2.45, 2.75) is 6.54 Å². The van der Waals surface area contributed by atoms with E-state index in [4.69, 9.17) is 0 Å². The van der Waals surface area contributed by atoms with E-state index in [2.05, 4.69) is 20.6 Å². The van der Waals surface area contributed by atoms with Crippen molar-refractivity contribution in [3.8, 4) is 0 Å². The number of hydrazone groups is 1. The van der Waals surface area contributed by atoms with E-state index in [1.54, 1.807) is 47.7 Å². The Kier molecular flexibility index (Phi) is 4.54. The third-order valence-electron chi connectivity index (χ3n) is 3.18. The lowest BCUT2D eigenvalue weighted by atomic mass is 10.1.